The lowest BCUT2D eigenvalue weighted by Crippen LogP contribution is -2.32. The summed E-state index contributed by atoms with van der Waals surface area (Å²) in [7, 11) is 0. The number of nitrogens with zero attached hydrogens (tertiary/aromatic N) is 4. The van der Waals surface area contributed by atoms with E-state index in [1.54, 1.807) is 24.3 Å². The molecule has 0 atom stereocenters. The molecule has 1 fully saturated rings. The second kappa shape index (κ2) is 8.24. The molecule has 1 saturated heterocycles. The van der Waals surface area contributed by atoms with Crippen LogP contribution in [-0.4, -0.2) is 40.0 Å². The standard InChI is InChI=1S/C22H23N5O/c23-16-17-8-10-18(11-9-17)21(28)25-22-24-19-6-2-3-7-20(19)27(22)15-14-26-12-4-1-5-13-26/h2-3,6-11H,1,4-5,12-15H2,(H,24,25,28). The molecule has 1 amide bonds. The predicted octanol–water partition coefficient (Wildman–Crippen LogP) is 3.65. The third-order valence-electron chi connectivity index (χ3n) is 5.24. The number of hydrogen-bond acceptors (Lipinski definition) is 4. The van der Waals surface area contributed by atoms with Gasteiger partial charge in [-0.25, -0.2) is 4.98 Å². The molecule has 1 N–H and O–H groups in total. The van der Waals surface area contributed by atoms with Gasteiger partial charge in [0.05, 0.1) is 22.7 Å². The van der Waals surface area contributed by atoms with Gasteiger partial charge in [0.2, 0.25) is 5.95 Å². The number of amides is 1. The number of benzene rings is 2. The summed E-state index contributed by atoms with van der Waals surface area (Å²) in [6, 6.07) is 16.6. The third-order valence-corrected chi connectivity index (χ3v) is 5.24. The van der Waals surface area contributed by atoms with Gasteiger partial charge in [0.1, 0.15) is 0 Å². The molecule has 1 aliphatic rings. The van der Waals surface area contributed by atoms with Gasteiger partial charge in [0.25, 0.3) is 5.91 Å². The number of piperidine rings is 1. The molecule has 6 heteroatoms. The highest BCUT2D eigenvalue weighted by Gasteiger charge is 2.16. The fourth-order valence-electron chi connectivity index (χ4n) is 3.69. The van der Waals surface area contributed by atoms with Crippen LogP contribution < -0.4 is 5.32 Å². The molecule has 2 aromatic carbocycles. The Morgan fingerprint density at radius 1 is 1.04 bits per heavy atom. The van der Waals surface area contributed by atoms with Crippen molar-refractivity contribution < 1.29 is 4.79 Å². The second-order valence-electron chi connectivity index (χ2n) is 7.12. The zero-order valence-electron chi connectivity index (χ0n) is 15.8. The van der Waals surface area contributed by atoms with E-state index < -0.39 is 0 Å². The lowest BCUT2D eigenvalue weighted by molar-refractivity contribution is 0.102. The molecule has 1 aliphatic heterocycles. The van der Waals surface area contributed by atoms with E-state index in [9.17, 15) is 4.79 Å². The van der Waals surface area contributed by atoms with Crippen LogP contribution in [0.2, 0.25) is 0 Å². The number of rotatable bonds is 5. The lowest BCUT2D eigenvalue weighted by atomic mass is 10.1. The van der Waals surface area contributed by atoms with Gasteiger partial charge in [-0.15, -0.1) is 0 Å². The van der Waals surface area contributed by atoms with Gasteiger partial charge in [-0.1, -0.05) is 18.6 Å². The molecule has 142 valence electrons. The number of imidazole rings is 1. The molecular formula is C22H23N5O. The van der Waals surface area contributed by atoms with Gasteiger partial charge in [-0.05, 0) is 62.3 Å². The van der Waals surface area contributed by atoms with E-state index in [1.807, 2.05) is 24.3 Å². The highest BCUT2D eigenvalue weighted by atomic mass is 16.1. The summed E-state index contributed by atoms with van der Waals surface area (Å²) in [4.78, 5) is 19.8. The van der Waals surface area contributed by atoms with Gasteiger partial charge >= 0.3 is 0 Å². The molecule has 0 bridgehead atoms. The SMILES string of the molecule is N#Cc1ccc(C(=O)Nc2nc3ccccc3n2CCN2CCCCC2)cc1. The van der Waals surface area contributed by atoms with Gasteiger partial charge < -0.3 is 9.47 Å². The summed E-state index contributed by atoms with van der Waals surface area (Å²) in [5.74, 6) is 0.339. The van der Waals surface area contributed by atoms with Crippen LogP contribution in [0.1, 0.15) is 35.2 Å². The maximum absolute atomic E-state index is 12.7. The number of aromatic nitrogens is 2. The molecule has 6 nitrogen and oxygen atoms in total. The van der Waals surface area contributed by atoms with Crippen LogP contribution in [0.15, 0.2) is 48.5 Å². The molecule has 4 rings (SSSR count). The number of carbonyl (C=O) groups is 1. The van der Waals surface area contributed by atoms with Crippen molar-refractivity contribution in [3.63, 3.8) is 0 Å². The Morgan fingerprint density at radius 3 is 2.54 bits per heavy atom. The number of fused-ring (bicyclic) bond motifs is 1. The fourth-order valence-corrected chi connectivity index (χ4v) is 3.69. The molecule has 0 aliphatic carbocycles. The largest absolute Gasteiger partial charge is 0.309 e. The average Bonchev–Trinajstić information content (AvgIpc) is 3.10. The third kappa shape index (κ3) is 3.90. The second-order valence-corrected chi connectivity index (χ2v) is 7.12. The van der Waals surface area contributed by atoms with Gasteiger partial charge in [0.15, 0.2) is 0 Å². The van der Waals surface area contributed by atoms with Crippen LogP contribution in [0.4, 0.5) is 5.95 Å². The highest BCUT2D eigenvalue weighted by Crippen LogP contribution is 2.21. The Kier molecular flexibility index (Phi) is 5.36. The molecule has 0 unspecified atom stereocenters. The van der Waals surface area contributed by atoms with E-state index in [-0.39, 0.29) is 5.91 Å². The van der Waals surface area contributed by atoms with Crippen LogP contribution in [0, 0.1) is 11.3 Å². The molecule has 28 heavy (non-hydrogen) atoms. The number of nitriles is 1. The van der Waals surface area contributed by atoms with Gasteiger partial charge in [0, 0.05) is 18.7 Å². The Bertz CT molecular complexity index is 1010. The van der Waals surface area contributed by atoms with Crippen molar-refractivity contribution in [1.82, 2.24) is 14.5 Å². The molecule has 0 saturated carbocycles. The van der Waals surface area contributed by atoms with Gasteiger partial charge in [-0.2, -0.15) is 5.26 Å². The highest BCUT2D eigenvalue weighted by molar-refractivity contribution is 6.04. The Hall–Kier alpha value is -3.17. The van der Waals surface area contributed by atoms with Gasteiger partial charge in [-0.3, -0.25) is 10.1 Å². The van der Waals surface area contributed by atoms with E-state index >= 15 is 0 Å². The number of anilines is 1. The maximum atomic E-state index is 12.7. The number of likely N-dealkylation sites (tertiary alicyclic amines) is 1. The van der Waals surface area contributed by atoms with Crippen molar-refractivity contribution in [1.29, 1.82) is 5.26 Å². The lowest BCUT2D eigenvalue weighted by Gasteiger charge is -2.26. The van der Waals surface area contributed by atoms with Crippen LogP contribution in [0.25, 0.3) is 11.0 Å². The quantitative estimate of drug-likeness (QED) is 0.741. The molecule has 0 radical (unpaired) electrons. The summed E-state index contributed by atoms with van der Waals surface area (Å²) in [6.07, 6.45) is 3.83. The Morgan fingerprint density at radius 2 is 1.79 bits per heavy atom. The van der Waals surface area contributed by atoms with Crippen molar-refractivity contribution in [3.8, 4) is 6.07 Å². The summed E-state index contributed by atoms with van der Waals surface area (Å²) in [5, 5.41) is 11.9. The first-order valence-electron chi connectivity index (χ1n) is 9.74. The normalized spacial score (nSPS) is 14.7. The van der Waals surface area contributed by atoms with Crippen molar-refractivity contribution in [3.05, 3.63) is 59.7 Å². The summed E-state index contributed by atoms with van der Waals surface area (Å²) < 4.78 is 2.09. The van der Waals surface area contributed by atoms with Crippen LogP contribution in [0.5, 0.6) is 0 Å². The molecule has 2 heterocycles. The average molecular weight is 373 g/mol. The van der Waals surface area contributed by atoms with Crippen LogP contribution >= 0.6 is 0 Å². The van der Waals surface area contributed by atoms with E-state index in [0.717, 1.165) is 37.2 Å². The summed E-state index contributed by atoms with van der Waals surface area (Å²) >= 11 is 0. The number of para-hydroxylation sites is 2. The van der Waals surface area contributed by atoms with Crippen molar-refractivity contribution in [2.75, 3.05) is 25.0 Å². The molecule has 1 aromatic heterocycles. The van der Waals surface area contributed by atoms with Crippen molar-refractivity contribution in [2.45, 2.75) is 25.8 Å². The van der Waals surface area contributed by atoms with E-state index in [0.29, 0.717) is 17.1 Å². The zero-order valence-corrected chi connectivity index (χ0v) is 15.8. The fraction of sp³-hybridized carbons (Fsp3) is 0.318. The minimum absolute atomic E-state index is 0.223. The van der Waals surface area contributed by atoms with E-state index in [4.69, 9.17) is 5.26 Å². The molecular weight excluding hydrogens is 350 g/mol. The van der Waals surface area contributed by atoms with Crippen molar-refractivity contribution in [2.24, 2.45) is 0 Å². The number of carbonyl (C=O) groups excluding carboxylic acids is 1. The first-order chi connectivity index (χ1) is 13.7. The van der Waals surface area contributed by atoms with Crippen LogP contribution in [0.3, 0.4) is 0 Å². The maximum Gasteiger partial charge on any atom is 0.257 e. The Balaban J connectivity index is 1.56. The topological polar surface area (TPSA) is 74.0 Å². The minimum Gasteiger partial charge on any atom is -0.309 e. The summed E-state index contributed by atoms with van der Waals surface area (Å²) in [6.45, 7) is 4.00. The minimum atomic E-state index is -0.223. The zero-order chi connectivity index (χ0) is 19.3. The molecule has 0 spiro atoms. The molecule has 3 aromatic rings. The first kappa shape index (κ1) is 18.2. The Labute approximate surface area is 164 Å². The smallest absolute Gasteiger partial charge is 0.257 e. The first-order valence-corrected chi connectivity index (χ1v) is 9.74. The van der Waals surface area contributed by atoms with E-state index in [1.165, 1.54) is 19.3 Å². The van der Waals surface area contributed by atoms with Crippen molar-refractivity contribution >= 4 is 22.9 Å². The number of nitrogens with one attached hydrogen (secondary N) is 1. The number of hydrogen-bond donors (Lipinski definition) is 1. The predicted molar refractivity (Wildman–Crippen MR) is 109 cm³/mol. The monoisotopic (exact) mass is 373 g/mol. The van der Waals surface area contributed by atoms with Crippen LogP contribution in [-0.2, 0) is 6.54 Å². The summed E-state index contributed by atoms with van der Waals surface area (Å²) in [5.41, 5.74) is 2.94. The van der Waals surface area contributed by atoms with E-state index in [2.05, 4.69) is 25.8 Å².